The Morgan fingerprint density at radius 2 is 2.40 bits per heavy atom. The Morgan fingerprint density at radius 3 is 3.00 bits per heavy atom. The molecule has 56 valence electrons. The number of hydrogen-bond donors (Lipinski definition) is 0. The number of hydrogen-bond acceptors (Lipinski definition) is 2. The predicted molar refractivity (Wildman–Crippen MR) is 44.6 cm³/mol. The highest BCUT2D eigenvalue weighted by Crippen LogP contribution is 2.21. The van der Waals surface area contributed by atoms with Crippen molar-refractivity contribution in [2.75, 3.05) is 0 Å². The molecule has 0 aliphatic heterocycles. The highest BCUT2D eigenvalue weighted by Gasteiger charge is 2.13. The Morgan fingerprint density at radius 1 is 1.60 bits per heavy atom. The zero-order chi connectivity index (χ0) is 7.40. The van der Waals surface area contributed by atoms with Crippen LogP contribution in [0.15, 0.2) is 10.2 Å². The molecule has 1 fully saturated rings. The summed E-state index contributed by atoms with van der Waals surface area (Å²) in [5.41, 5.74) is 1.23. The molecular weight excluding hydrogens is 124 g/mol. The monoisotopic (exact) mass is 138 g/mol. The van der Waals surface area contributed by atoms with Gasteiger partial charge in [0.2, 0.25) is 0 Å². The normalized spacial score (nSPS) is 30.5. The quantitative estimate of drug-likeness (QED) is 0.392. The summed E-state index contributed by atoms with van der Waals surface area (Å²) in [5.74, 6) is 0.800. The van der Waals surface area contributed by atoms with Gasteiger partial charge in [-0.3, -0.25) is 0 Å². The molecule has 2 nitrogen and oxygen atoms in total. The maximum Gasteiger partial charge on any atom is 0.0408 e. The highest BCUT2D eigenvalue weighted by atomic mass is 15.2. The fourth-order valence-electron chi connectivity index (χ4n) is 1.45. The first-order valence-corrected chi connectivity index (χ1v) is 3.84. The van der Waals surface area contributed by atoms with Crippen molar-refractivity contribution in [2.45, 2.75) is 32.6 Å². The minimum atomic E-state index is 0.800. The van der Waals surface area contributed by atoms with E-state index in [1.807, 2.05) is 0 Å². The second-order valence-electron chi connectivity index (χ2n) is 3.01. The van der Waals surface area contributed by atoms with Gasteiger partial charge < -0.3 is 0 Å². The molecule has 0 N–H and O–H groups in total. The van der Waals surface area contributed by atoms with Crippen molar-refractivity contribution in [3.8, 4) is 0 Å². The Bertz CT molecular complexity index is 149. The first kappa shape index (κ1) is 7.45. The van der Waals surface area contributed by atoms with Gasteiger partial charge in [0.25, 0.3) is 0 Å². The molecule has 0 aromatic heterocycles. The SMILES string of the molecule is C=NN=C1CCCC(C)C1. The van der Waals surface area contributed by atoms with Crippen molar-refractivity contribution in [3.63, 3.8) is 0 Å². The van der Waals surface area contributed by atoms with Crippen LogP contribution >= 0.6 is 0 Å². The van der Waals surface area contributed by atoms with Gasteiger partial charge in [-0.1, -0.05) is 6.92 Å². The van der Waals surface area contributed by atoms with Gasteiger partial charge in [0, 0.05) is 12.4 Å². The van der Waals surface area contributed by atoms with Gasteiger partial charge in [0.15, 0.2) is 0 Å². The lowest BCUT2D eigenvalue weighted by Crippen LogP contribution is -2.11. The molecule has 1 aliphatic rings. The van der Waals surface area contributed by atoms with Gasteiger partial charge in [-0.2, -0.15) is 10.2 Å². The van der Waals surface area contributed by atoms with Gasteiger partial charge in [-0.05, 0) is 31.6 Å². The smallest absolute Gasteiger partial charge is 0.0408 e. The predicted octanol–water partition coefficient (Wildman–Crippen LogP) is 2.25. The van der Waals surface area contributed by atoms with E-state index in [-0.39, 0.29) is 0 Å². The molecular formula is C8H14N2. The summed E-state index contributed by atoms with van der Waals surface area (Å²) in [6, 6.07) is 0. The molecule has 0 heterocycles. The van der Waals surface area contributed by atoms with E-state index in [2.05, 4.69) is 23.8 Å². The Labute approximate surface area is 62.0 Å². The van der Waals surface area contributed by atoms with Gasteiger partial charge in [0.05, 0.1) is 0 Å². The average Bonchev–Trinajstić information content (AvgIpc) is 1.88. The van der Waals surface area contributed by atoms with Crippen LogP contribution in [0.25, 0.3) is 0 Å². The van der Waals surface area contributed by atoms with Gasteiger partial charge in [-0.15, -0.1) is 0 Å². The third-order valence-corrected chi connectivity index (χ3v) is 1.96. The third kappa shape index (κ3) is 1.94. The van der Waals surface area contributed by atoms with Crippen molar-refractivity contribution in [3.05, 3.63) is 0 Å². The van der Waals surface area contributed by atoms with Crippen LogP contribution in [0.1, 0.15) is 32.6 Å². The van der Waals surface area contributed by atoms with Crippen LogP contribution in [-0.4, -0.2) is 12.4 Å². The Kier molecular flexibility index (Phi) is 2.60. The van der Waals surface area contributed by atoms with Gasteiger partial charge >= 0.3 is 0 Å². The fourth-order valence-corrected chi connectivity index (χ4v) is 1.45. The van der Waals surface area contributed by atoms with Crippen molar-refractivity contribution >= 4 is 12.4 Å². The molecule has 0 aromatic rings. The minimum absolute atomic E-state index is 0.800. The molecule has 1 saturated carbocycles. The van der Waals surface area contributed by atoms with E-state index in [0.717, 1.165) is 18.8 Å². The van der Waals surface area contributed by atoms with Crippen LogP contribution in [0.4, 0.5) is 0 Å². The first-order valence-electron chi connectivity index (χ1n) is 3.84. The first-order chi connectivity index (χ1) is 4.83. The summed E-state index contributed by atoms with van der Waals surface area (Å²) in [4.78, 5) is 0. The zero-order valence-corrected chi connectivity index (χ0v) is 6.51. The lowest BCUT2D eigenvalue weighted by Gasteiger charge is -2.17. The van der Waals surface area contributed by atoms with Crippen LogP contribution in [0.5, 0.6) is 0 Å². The summed E-state index contributed by atoms with van der Waals surface area (Å²) >= 11 is 0. The zero-order valence-electron chi connectivity index (χ0n) is 6.51. The molecule has 1 unspecified atom stereocenters. The number of nitrogens with zero attached hydrogens (tertiary/aromatic N) is 2. The molecule has 0 spiro atoms. The van der Waals surface area contributed by atoms with E-state index in [0.29, 0.717) is 0 Å². The average molecular weight is 138 g/mol. The van der Waals surface area contributed by atoms with Crippen molar-refractivity contribution in [1.82, 2.24) is 0 Å². The lowest BCUT2D eigenvalue weighted by atomic mass is 9.89. The third-order valence-electron chi connectivity index (χ3n) is 1.96. The van der Waals surface area contributed by atoms with E-state index < -0.39 is 0 Å². The largest absolute Gasteiger partial charge is 0.167 e. The highest BCUT2D eigenvalue weighted by molar-refractivity contribution is 5.85. The van der Waals surface area contributed by atoms with E-state index in [1.54, 1.807) is 0 Å². The summed E-state index contributed by atoms with van der Waals surface area (Å²) in [6.07, 6.45) is 4.87. The molecule has 0 saturated heterocycles. The van der Waals surface area contributed by atoms with E-state index >= 15 is 0 Å². The molecule has 0 radical (unpaired) electrons. The standard InChI is InChI=1S/C8H14N2/c1-7-4-3-5-8(6-7)10-9-2/h7H,2-6H2,1H3. The summed E-state index contributed by atoms with van der Waals surface area (Å²) in [5, 5.41) is 7.50. The van der Waals surface area contributed by atoms with Gasteiger partial charge in [-0.25, -0.2) is 0 Å². The fraction of sp³-hybridized carbons (Fsp3) is 0.750. The molecule has 1 atom stereocenters. The van der Waals surface area contributed by atoms with Crippen LogP contribution in [0, 0.1) is 5.92 Å². The second-order valence-corrected chi connectivity index (χ2v) is 3.01. The van der Waals surface area contributed by atoms with Crippen molar-refractivity contribution in [2.24, 2.45) is 16.1 Å². The van der Waals surface area contributed by atoms with Crippen LogP contribution < -0.4 is 0 Å². The lowest BCUT2D eigenvalue weighted by molar-refractivity contribution is 0.499. The van der Waals surface area contributed by atoms with E-state index in [4.69, 9.17) is 0 Å². The van der Waals surface area contributed by atoms with Crippen LogP contribution in [0.3, 0.4) is 0 Å². The summed E-state index contributed by atoms with van der Waals surface area (Å²) in [6.45, 7) is 5.60. The maximum atomic E-state index is 3.96. The van der Waals surface area contributed by atoms with E-state index in [9.17, 15) is 0 Å². The molecule has 2 heteroatoms. The minimum Gasteiger partial charge on any atom is -0.167 e. The molecule has 0 aromatic carbocycles. The topological polar surface area (TPSA) is 24.7 Å². The van der Waals surface area contributed by atoms with Crippen molar-refractivity contribution in [1.29, 1.82) is 0 Å². The second kappa shape index (κ2) is 3.49. The maximum absolute atomic E-state index is 3.96. The Balaban J connectivity index is 2.46. The molecule has 0 bridgehead atoms. The number of rotatable bonds is 1. The van der Waals surface area contributed by atoms with Crippen LogP contribution in [0.2, 0.25) is 0 Å². The molecule has 1 aliphatic carbocycles. The van der Waals surface area contributed by atoms with Crippen LogP contribution in [-0.2, 0) is 0 Å². The summed E-state index contributed by atoms with van der Waals surface area (Å²) in [7, 11) is 0. The molecule has 10 heavy (non-hydrogen) atoms. The molecule has 0 amide bonds. The molecule has 1 rings (SSSR count). The summed E-state index contributed by atoms with van der Waals surface area (Å²) < 4.78 is 0. The van der Waals surface area contributed by atoms with E-state index in [1.165, 1.54) is 18.6 Å². The Hall–Kier alpha value is -0.660. The van der Waals surface area contributed by atoms with Crippen molar-refractivity contribution < 1.29 is 0 Å². The van der Waals surface area contributed by atoms with Gasteiger partial charge in [0.1, 0.15) is 0 Å².